The standard InChI is InChI=1S/C13H20N4O2/c1-2-10-9-18-6-4-17(10)12-8-15-11-7-14-3-5-19-13(11)16-12/h8,10,14H,2-7,9H2,1H3/t10-/m1/s1. The Hall–Kier alpha value is -1.40. The van der Waals surface area contributed by atoms with Crippen molar-refractivity contribution in [2.24, 2.45) is 0 Å². The minimum Gasteiger partial charge on any atom is -0.475 e. The van der Waals surface area contributed by atoms with Gasteiger partial charge in [-0.3, -0.25) is 4.98 Å². The van der Waals surface area contributed by atoms with E-state index in [0.29, 0.717) is 18.5 Å². The molecule has 1 fully saturated rings. The predicted octanol–water partition coefficient (Wildman–Crippen LogP) is 0.574. The summed E-state index contributed by atoms with van der Waals surface area (Å²) in [5.74, 6) is 1.57. The molecule has 1 N–H and O–H groups in total. The third kappa shape index (κ3) is 2.64. The van der Waals surface area contributed by atoms with Crippen molar-refractivity contribution in [1.82, 2.24) is 15.3 Å². The van der Waals surface area contributed by atoms with E-state index in [1.54, 1.807) is 0 Å². The van der Waals surface area contributed by atoms with Crippen molar-refractivity contribution in [1.29, 1.82) is 0 Å². The van der Waals surface area contributed by atoms with Crippen LogP contribution in [-0.4, -0.2) is 48.9 Å². The van der Waals surface area contributed by atoms with E-state index in [-0.39, 0.29) is 0 Å². The van der Waals surface area contributed by atoms with Gasteiger partial charge >= 0.3 is 0 Å². The van der Waals surface area contributed by atoms with Crippen molar-refractivity contribution in [2.45, 2.75) is 25.9 Å². The van der Waals surface area contributed by atoms with Crippen LogP contribution in [-0.2, 0) is 11.3 Å². The highest BCUT2D eigenvalue weighted by Gasteiger charge is 2.24. The topological polar surface area (TPSA) is 59.5 Å². The summed E-state index contributed by atoms with van der Waals surface area (Å²) in [6.45, 7) is 6.75. The molecule has 1 saturated heterocycles. The molecule has 0 spiro atoms. The lowest BCUT2D eigenvalue weighted by Crippen LogP contribution is -2.45. The van der Waals surface area contributed by atoms with Gasteiger partial charge in [0.05, 0.1) is 25.5 Å². The Morgan fingerprint density at radius 2 is 2.42 bits per heavy atom. The maximum absolute atomic E-state index is 5.65. The zero-order valence-electron chi connectivity index (χ0n) is 11.3. The van der Waals surface area contributed by atoms with E-state index in [4.69, 9.17) is 9.47 Å². The number of hydrogen-bond donors (Lipinski definition) is 1. The molecule has 1 aromatic heterocycles. The number of nitrogens with zero attached hydrogens (tertiary/aromatic N) is 3. The van der Waals surface area contributed by atoms with E-state index in [2.05, 4.69) is 27.1 Å². The Morgan fingerprint density at radius 1 is 1.47 bits per heavy atom. The Bertz CT molecular complexity index is 441. The molecule has 0 unspecified atom stereocenters. The SMILES string of the molecule is CC[C@@H]1COCCN1c1cnc2c(n1)OCCNC2. The average Bonchev–Trinajstić information content (AvgIpc) is 2.71. The Labute approximate surface area is 113 Å². The number of hydrogen-bond acceptors (Lipinski definition) is 6. The molecular weight excluding hydrogens is 244 g/mol. The lowest BCUT2D eigenvalue weighted by Gasteiger charge is -2.35. The van der Waals surface area contributed by atoms with Crippen LogP contribution in [0.2, 0.25) is 0 Å². The predicted molar refractivity (Wildman–Crippen MR) is 71.5 cm³/mol. The van der Waals surface area contributed by atoms with Crippen LogP contribution < -0.4 is 15.0 Å². The quantitative estimate of drug-likeness (QED) is 0.843. The molecule has 1 aromatic rings. The first kappa shape index (κ1) is 12.6. The van der Waals surface area contributed by atoms with Crippen molar-refractivity contribution in [3.8, 4) is 5.88 Å². The van der Waals surface area contributed by atoms with Crippen LogP contribution in [0, 0.1) is 0 Å². The number of aromatic nitrogens is 2. The molecule has 1 atom stereocenters. The lowest BCUT2D eigenvalue weighted by atomic mass is 10.2. The van der Waals surface area contributed by atoms with Gasteiger partial charge in [0.1, 0.15) is 12.3 Å². The van der Waals surface area contributed by atoms with Gasteiger partial charge in [0.25, 0.3) is 0 Å². The minimum atomic E-state index is 0.380. The fourth-order valence-corrected chi connectivity index (χ4v) is 2.48. The fourth-order valence-electron chi connectivity index (χ4n) is 2.48. The Morgan fingerprint density at radius 3 is 3.32 bits per heavy atom. The molecular formula is C13H20N4O2. The summed E-state index contributed by atoms with van der Waals surface area (Å²) in [5.41, 5.74) is 0.891. The maximum Gasteiger partial charge on any atom is 0.239 e. The number of nitrogens with one attached hydrogen (secondary N) is 1. The molecule has 3 rings (SSSR count). The van der Waals surface area contributed by atoms with Crippen LogP contribution in [0.15, 0.2) is 6.20 Å². The van der Waals surface area contributed by atoms with E-state index in [1.807, 2.05) is 6.20 Å². The van der Waals surface area contributed by atoms with E-state index >= 15 is 0 Å². The van der Waals surface area contributed by atoms with Crippen molar-refractivity contribution >= 4 is 5.82 Å². The Balaban J connectivity index is 1.86. The monoisotopic (exact) mass is 264 g/mol. The molecule has 0 radical (unpaired) electrons. The number of anilines is 1. The number of morpholine rings is 1. The van der Waals surface area contributed by atoms with E-state index in [1.165, 1.54) is 0 Å². The van der Waals surface area contributed by atoms with Crippen LogP contribution in [0.3, 0.4) is 0 Å². The van der Waals surface area contributed by atoms with Crippen LogP contribution in [0.5, 0.6) is 5.88 Å². The van der Waals surface area contributed by atoms with E-state index < -0.39 is 0 Å². The summed E-state index contributed by atoms with van der Waals surface area (Å²) in [5, 5.41) is 3.26. The van der Waals surface area contributed by atoms with Crippen LogP contribution in [0.25, 0.3) is 0 Å². The number of fused-ring (bicyclic) bond motifs is 1. The van der Waals surface area contributed by atoms with Gasteiger partial charge in [-0.15, -0.1) is 0 Å². The molecule has 2 aliphatic heterocycles. The van der Waals surface area contributed by atoms with Gasteiger partial charge in [-0.2, -0.15) is 4.98 Å². The van der Waals surface area contributed by atoms with Crippen LogP contribution >= 0.6 is 0 Å². The third-order valence-corrected chi connectivity index (χ3v) is 3.60. The molecule has 0 saturated carbocycles. The second kappa shape index (κ2) is 5.71. The van der Waals surface area contributed by atoms with Gasteiger partial charge < -0.3 is 19.7 Å². The van der Waals surface area contributed by atoms with Gasteiger partial charge in [0.2, 0.25) is 5.88 Å². The average molecular weight is 264 g/mol. The normalized spacial score (nSPS) is 23.4. The first-order valence-electron chi connectivity index (χ1n) is 6.92. The largest absolute Gasteiger partial charge is 0.475 e. The highest BCUT2D eigenvalue weighted by Crippen LogP contribution is 2.23. The van der Waals surface area contributed by atoms with Gasteiger partial charge in [-0.1, -0.05) is 6.92 Å². The molecule has 19 heavy (non-hydrogen) atoms. The summed E-state index contributed by atoms with van der Waals surface area (Å²) in [6.07, 6.45) is 2.89. The van der Waals surface area contributed by atoms with E-state index in [9.17, 15) is 0 Å². The summed E-state index contributed by atoms with van der Waals surface area (Å²) < 4.78 is 11.2. The molecule has 3 heterocycles. The first-order valence-corrected chi connectivity index (χ1v) is 6.92. The van der Waals surface area contributed by atoms with E-state index in [0.717, 1.165) is 50.8 Å². The zero-order chi connectivity index (χ0) is 13.1. The fraction of sp³-hybridized carbons (Fsp3) is 0.692. The van der Waals surface area contributed by atoms with Crippen LogP contribution in [0.1, 0.15) is 19.0 Å². The van der Waals surface area contributed by atoms with Gasteiger partial charge in [0, 0.05) is 19.6 Å². The van der Waals surface area contributed by atoms with Gasteiger partial charge in [-0.05, 0) is 6.42 Å². The summed E-state index contributed by atoms with van der Waals surface area (Å²) in [4.78, 5) is 11.4. The molecule has 0 aliphatic carbocycles. The molecule has 6 heteroatoms. The molecule has 104 valence electrons. The minimum absolute atomic E-state index is 0.380. The van der Waals surface area contributed by atoms with Gasteiger partial charge in [0.15, 0.2) is 5.82 Å². The second-order valence-corrected chi connectivity index (χ2v) is 4.84. The third-order valence-electron chi connectivity index (χ3n) is 3.60. The highest BCUT2D eigenvalue weighted by atomic mass is 16.5. The Kier molecular flexibility index (Phi) is 3.79. The second-order valence-electron chi connectivity index (χ2n) is 4.84. The summed E-state index contributed by atoms with van der Waals surface area (Å²) in [6, 6.07) is 0.380. The van der Waals surface area contributed by atoms with Crippen molar-refractivity contribution in [3.63, 3.8) is 0 Å². The van der Waals surface area contributed by atoms with Crippen molar-refractivity contribution in [2.75, 3.05) is 37.8 Å². The molecule has 0 amide bonds. The lowest BCUT2D eigenvalue weighted by molar-refractivity contribution is 0.0924. The zero-order valence-corrected chi connectivity index (χ0v) is 11.3. The molecule has 6 nitrogen and oxygen atoms in total. The van der Waals surface area contributed by atoms with Gasteiger partial charge in [-0.25, -0.2) is 0 Å². The summed E-state index contributed by atoms with van der Waals surface area (Å²) >= 11 is 0. The smallest absolute Gasteiger partial charge is 0.239 e. The highest BCUT2D eigenvalue weighted by molar-refractivity contribution is 5.41. The summed E-state index contributed by atoms with van der Waals surface area (Å²) in [7, 11) is 0. The molecule has 0 bridgehead atoms. The van der Waals surface area contributed by atoms with Crippen molar-refractivity contribution < 1.29 is 9.47 Å². The molecule has 0 aromatic carbocycles. The number of ether oxygens (including phenoxy) is 2. The van der Waals surface area contributed by atoms with Crippen molar-refractivity contribution in [3.05, 3.63) is 11.9 Å². The first-order chi connectivity index (χ1) is 9.38. The molecule has 2 aliphatic rings. The maximum atomic E-state index is 5.65. The van der Waals surface area contributed by atoms with Crippen LogP contribution in [0.4, 0.5) is 5.82 Å². The number of rotatable bonds is 2.